The third kappa shape index (κ3) is 3.25. The van der Waals surface area contributed by atoms with E-state index >= 15 is 0 Å². The monoisotopic (exact) mass is 232 g/mol. The van der Waals surface area contributed by atoms with E-state index in [2.05, 4.69) is 5.32 Å². The predicted octanol–water partition coefficient (Wildman–Crippen LogP) is 2.24. The van der Waals surface area contributed by atoms with Gasteiger partial charge in [0, 0.05) is 12.6 Å². The van der Waals surface area contributed by atoms with Gasteiger partial charge in [-0.2, -0.15) is 0 Å². The van der Waals surface area contributed by atoms with Crippen LogP contribution in [-0.2, 0) is 0 Å². The number of nitrogens with one attached hydrogen (secondary N) is 1. The quantitative estimate of drug-likeness (QED) is 0.698. The molecule has 0 aromatic heterocycles. The average molecular weight is 233 g/mol. The second-order valence-corrected chi connectivity index (χ2v) is 3.70. The molecule has 0 spiro atoms. The van der Waals surface area contributed by atoms with Gasteiger partial charge in [0.1, 0.15) is 5.82 Å². The van der Waals surface area contributed by atoms with Gasteiger partial charge in [-0.3, -0.25) is 0 Å². The van der Waals surface area contributed by atoms with Gasteiger partial charge in [0.25, 0.3) is 0 Å². The third-order valence-electron chi connectivity index (χ3n) is 2.09. The van der Waals surface area contributed by atoms with Crippen LogP contribution in [0.3, 0.4) is 0 Å². The Bertz CT molecular complexity index is 346. The van der Waals surface area contributed by atoms with Gasteiger partial charge in [0.05, 0.1) is 22.5 Å². The molecule has 0 aliphatic rings. The van der Waals surface area contributed by atoms with E-state index in [4.69, 9.17) is 17.3 Å². The fraction of sp³-hybridized carbons (Fsp3) is 0.400. The van der Waals surface area contributed by atoms with Crippen molar-refractivity contribution in [1.82, 2.24) is 0 Å². The predicted molar refractivity (Wildman–Crippen MR) is 60.6 cm³/mol. The zero-order chi connectivity index (χ0) is 11.4. The second-order valence-electron chi connectivity index (χ2n) is 3.30. The lowest BCUT2D eigenvalue weighted by molar-refractivity contribution is 0.183. The molecule has 1 atom stereocenters. The molecule has 0 saturated heterocycles. The largest absolute Gasteiger partial charge is 0.397 e. The van der Waals surface area contributed by atoms with E-state index in [1.807, 2.05) is 6.92 Å². The highest BCUT2D eigenvalue weighted by Crippen LogP contribution is 2.25. The van der Waals surface area contributed by atoms with Crippen molar-refractivity contribution in [3.63, 3.8) is 0 Å². The molecule has 1 aromatic rings. The minimum absolute atomic E-state index is 0.00547. The summed E-state index contributed by atoms with van der Waals surface area (Å²) in [5, 5.41) is 12.2. The number of aliphatic hydroxyl groups excluding tert-OH is 1. The summed E-state index contributed by atoms with van der Waals surface area (Å²) in [7, 11) is 0. The number of nitrogens with two attached hydrogens (primary N) is 1. The molecular weight excluding hydrogens is 219 g/mol. The van der Waals surface area contributed by atoms with E-state index in [0.29, 0.717) is 24.3 Å². The molecule has 3 nitrogen and oxygen atoms in total. The number of rotatable bonds is 4. The molecule has 0 bridgehead atoms. The van der Waals surface area contributed by atoms with Crippen LogP contribution in [0.15, 0.2) is 12.1 Å². The molecule has 0 heterocycles. The van der Waals surface area contributed by atoms with E-state index in [-0.39, 0.29) is 5.02 Å². The maximum atomic E-state index is 13.1. The maximum Gasteiger partial charge on any atom is 0.143 e. The Balaban J connectivity index is 2.73. The zero-order valence-corrected chi connectivity index (χ0v) is 9.18. The van der Waals surface area contributed by atoms with Gasteiger partial charge in [0.2, 0.25) is 0 Å². The topological polar surface area (TPSA) is 58.3 Å². The number of aliphatic hydroxyl groups is 1. The molecule has 0 fully saturated rings. The van der Waals surface area contributed by atoms with Gasteiger partial charge in [-0.1, -0.05) is 18.5 Å². The number of nitrogen functional groups attached to an aromatic ring is 1. The Kier molecular flexibility index (Phi) is 4.17. The van der Waals surface area contributed by atoms with E-state index < -0.39 is 11.9 Å². The SMILES string of the molecule is CCC(O)CNc1cc(F)c(Cl)cc1N. The molecule has 1 aromatic carbocycles. The van der Waals surface area contributed by atoms with Crippen molar-refractivity contribution in [2.75, 3.05) is 17.6 Å². The fourth-order valence-electron chi connectivity index (χ4n) is 1.09. The Morgan fingerprint density at radius 1 is 1.60 bits per heavy atom. The highest BCUT2D eigenvalue weighted by molar-refractivity contribution is 6.31. The normalized spacial score (nSPS) is 12.5. The standard InChI is InChI=1S/C10H14ClFN2O/c1-2-6(15)5-14-10-4-8(12)7(11)3-9(10)13/h3-4,6,14-15H,2,5,13H2,1H3. The summed E-state index contributed by atoms with van der Waals surface area (Å²) in [5.41, 5.74) is 6.44. The molecule has 4 N–H and O–H groups in total. The first-order chi connectivity index (χ1) is 7.04. The Morgan fingerprint density at radius 3 is 2.87 bits per heavy atom. The van der Waals surface area contributed by atoms with E-state index in [1.165, 1.54) is 12.1 Å². The van der Waals surface area contributed by atoms with Gasteiger partial charge in [-0.05, 0) is 12.5 Å². The summed E-state index contributed by atoms with van der Waals surface area (Å²) in [6.07, 6.45) is 0.159. The minimum atomic E-state index is -0.528. The summed E-state index contributed by atoms with van der Waals surface area (Å²) in [6.45, 7) is 2.19. The molecule has 0 amide bonds. The Morgan fingerprint density at radius 2 is 2.27 bits per heavy atom. The van der Waals surface area contributed by atoms with Crippen LogP contribution in [0.5, 0.6) is 0 Å². The van der Waals surface area contributed by atoms with Crippen molar-refractivity contribution in [2.45, 2.75) is 19.4 Å². The highest BCUT2D eigenvalue weighted by atomic mass is 35.5. The molecule has 0 radical (unpaired) electrons. The van der Waals surface area contributed by atoms with Crippen molar-refractivity contribution in [3.8, 4) is 0 Å². The summed E-state index contributed by atoms with van der Waals surface area (Å²) >= 11 is 5.54. The molecular formula is C10H14ClFN2O. The van der Waals surface area contributed by atoms with Gasteiger partial charge >= 0.3 is 0 Å². The van der Waals surface area contributed by atoms with Crippen LogP contribution in [0.1, 0.15) is 13.3 Å². The lowest BCUT2D eigenvalue weighted by Crippen LogP contribution is -2.18. The zero-order valence-electron chi connectivity index (χ0n) is 8.43. The first kappa shape index (κ1) is 12.1. The van der Waals surface area contributed by atoms with Crippen LogP contribution in [-0.4, -0.2) is 17.8 Å². The number of hydrogen-bond acceptors (Lipinski definition) is 3. The summed E-state index contributed by atoms with van der Waals surface area (Å²) in [5.74, 6) is -0.528. The molecule has 1 unspecified atom stereocenters. The first-order valence-electron chi connectivity index (χ1n) is 4.71. The fourth-order valence-corrected chi connectivity index (χ4v) is 1.26. The van der Waals surface area contributed by atoms with Crippen LogP contribution < -0.4 is 11.1 Å². The van der Waals surface area contributed by atoms with E-state index in [9.17, 15) is 9.50 Å². The lowest BCUT2D eigenvalue weighted by Gasteiger charge is -2.13. The molecule has 1 rings (SSSR count). The number of halogens is 2. The summed E-state index contributed by atoms with van der Waals surface area (Å²) in [4.78, 5) is 0. The van der Waals surface area contributed by atoms with E-state index in [1.54, 1.807) is 0 Å². The maximum absolute atomic E-state index is 13.1. The first-order valence-corrected chi connectivity index (χ1v) is 5.08. The smallest absolute Gasteiger partial charge is 0.143 e. The number of anilines is 2. The van der Waals surface area contributed by atoms with Gasteiger partial charge in [0.15, 0.2) is 0 Å². The molecule has 0 aliphatic heterocycles. The molecule has 5 heteroatoms. The van der Waals surface area contributed by atoms with Crippen molar-refractivity contribution in [1.29, 1.82) is 0 Å². The third-order valence-corrected chi connectivity index (χ3v) is 2.38. The van der Waals surface area contributed by atoms with Gasteiger partial charge < -0.3 is 16.2 Å². The number of benzene rings is 1. The molecule has 0 aliphatic carbocycles. The van der Waals surface area contributed by atoms with Crippen LogP contribution in [0.4, 0.5) is 15.8 Å². The van der Waals surface area contributed by atoms with Crippen LogP contribution in [0.2, 0.25) is 5.02 Å². The Labute approximate surface area is 93.0 Å². The molecule has 0 saturated carbocycles. The van der Waals surface area contributed by atoms with Crippen molar-refractivity contribution in [2.24, 2.45) is 0 Å². The van der Waals surface area contributed by atoms with Crippen molar-refractivity contribution >= 4 is 23.0 Å². The minimum Gasteiger partial charge on any atom is -0.397 e. The summed E-state index contributed by atoms with van der Waals surface area (Å²) in [6, 6.07) is 2.57. The average Bonchev–Trinajstić information content (AvgIpc) is 2.21. The molecule has 84 valence electrons. The molecule has 15 heavy (non-hydrogen) atoms. The Hall–Kier alpha value is -1.00. The van der Waals surface area contributed by atoms with Gasteiger partial charge in [-0.15, -0.1) is 0 Å². The van der Waals surface area contributed by atoms with E-state index in [0.717, 1.165) is 0 Å². The number of hydrogen-bond donors (Lipinski definition) is 3. The summed E-state index contributed by atoms with van der Waals surface area (Å²) < 4.78 is 13.1. The highest BCUT2D eigenvalue weighted by Gasteiger charge is 2.07. The van der Waals surface area contributed by atoms with Crippen molar-refractivity contribution < 1.29 is 9.50 Å². The van der Waals surface area contributed by atoms with Gasteiger partial charge in [-0.25, -0.2) is 4.39 Å². The van der Waals surface area contributed by atoms with Crippen LogP contribution >= 0.6 is 11.6 Å². The van der Waals surface area contributed by atoms with Crippen molar-refractivity contribution in [3.05, 3.63) is 23.0 Å². The van der Waals surface area contributed by atoms with Crippen LogP contribution in [0.25, 0.3) is 0 Å². The lowest BCUT2D eigenvalue weighted by atomic mass is 10.2. The second kappa shape index (κ2) is 5.19. The van der Waals surface area contributed by atoms with Crippen LogP contribution in [0, 0.1) is 5.82 Å².